The van der Waals surface area contributed by atoms with Crippen molar-refractivity contribution < 1.29 is 19.1 Å². The third-order valence-electron chi connectivity index (χ3n) is 4.48. The van der Waals surface area contributed by atoms with Gasteiger partial charge in [0.1, 0.15) is 6.04 Å². The zero-order valence-corrected chi connectivity index (χ0v) is 15.1. The van der Waals surface area contributed by atoms with Gasteiger partial charge in [-0.2, -0.15) is 0 Å². The minimum Gasteiger partial charge on any atom is -0.493 e. The van der Waals surface area contributed by atoms with Gasteiger partial charge in [-0.25, -0.2) is 0 Å². The van der Waals surface area contributed by atoms with E-state index in [0.717, 1.165) is 11.3 Å². The van der Waals surface area contributed by atoms with E-state index < -0.39 is 6.04 Å². The SMILES string of the molecule is COc1ccc(NC(=O)C2CCC(=O)N2c2ccc(C)cc2)cc1OC. The molecule has 1 N–H and O–H groups in total. The molecule has 6 heteroatoms. The number of methoxy groups -OCH3 is 2. The molecule has 0 spiro atoms. The first-order valence-electron chi connectivity index (χ1n) is 8.45. The normalized spacial score (nSPS) is 16.5. The maximum Gasteiger partial charge on any atom is 0.247 e. The van der Waals surface area contributed by atoms with Gasteiger partial charge < -0.3 is 14.8 Å². The molecule has 0 saturated carbocycles. The number of nitrogens with one attached hydrogen (secondary N) is 1. The molecule has 2 aromatic carbocycles. The van der Waals surface area contributed by atoms with Crippen molar-refractivity contribution >= 4 is 23.2 Å². The van der Waals surface area contributed by atoms with Crippen molar-refractivity contribution in [3.05, 3.63) is 48.0 Å². The summed E-state index contributed by atoms with van der Waals surface area (Å²) in [5, 5.41) is 2.87. The van der Waals surface area contributed by atoms with Crippen LogP contribution >= 0.6 is 0 Å². The number of ether oxygens (including phenoxy) is 2. The summed E-state index contributed by atoms with van der Waals surface area (Å²) in [6.45, 7) is 1.98. The number of aryl methyl sites for hydroxylation is 1. The molecule has 0 aromatic heterocycles. The fourth-order valence-electron chi connectivity index (χ4n) is 3.10. The second-order valence-corrected chi connectivity index (χ2v) is 6.21. The number of benzene rings is 2. The number of carbonyl (C=O) groups is 2. The monoisotopic (exact) mass is 354 g/mol. The zero-order chi connectivity index (χ0) is 18.7. The standard InChI is InChI=1S/C20H22N2O4/c1-13-4-7-15(8-5-13)22-16(9-11-19(22)23)20(24)21-14-6-10-17(25-2)18(12-14)26-3/h4-8,10,12,16H,9,11H2,1-3H3,(H,21,24). The second-order valence-electron chi connectivity index (χ2n) is 6.21. The lowest BCUT2D eigenvalue weighted by Gasteiger charge is -2.24. The minimum absolute atomic E-state index is 0.0404. The van der Waals surface area contributed by atoms with Gasteiger partial charge in [-0.05, 0) is 37.6 Å². The van der Waals surface area contributed by atoms with Gasteiger partial charge >= 0.3 is 0 Å². The van der Waals surface area contributed by atoms with Gasteiger partial charge in [-0.1, -0.05) is 17.7 Å². The highest BCUT2D eigenvalue weighted by molar-refractivity contribution is 6.07. The topological polar surface area (TPSA) is 67.9 Å². The zero-order valence-electron chi connectivity index (χ0n) is 15.1. The van der Waals surface area contributed by atoms with Gasteiger partial charge in [0.05, 0.1) is 14.2 Å². The summed E-state index contributed by atoms with van der Waals surface area (Å²) in [5.41, 5.74) is 2.44. The van der Waals surface area contributed by atoms with E-state index in [-0.39, 0.29) is 11.8 Å². The summed E-state index contributed by atoms with van der Waals surface area (Å²) in [6, 6.07) is 12.2. The summed E-state index contributed by atoms with van der Waals surface area (Å²) < 4.78 is 10.5. The summed E-state index contributed by atoms with van der Waals surface area (Å²) in [4.78, 5) is 26.7. The Morgan fingerprint density at radius 1 is 1.08 bits per heavy atom. The molecule has 1 saturated heterocycles. The Bertz CT molecular complexity index is 817. The van der Waals surface area contributed by atoms with Gasteiger partial charge in [0.15, 0.2) is 11.5 Å². The Labute approximate surface area is 152 Å². The Kier molecular flexibility index (Phi) is 5.11. The average Bonchev–Trinajstić information content (AvgIpc) is 3.04. The van der Waals surface area contributed by atoms with Gasteiger partial charge in [-0.3, -0.25) is 14.5 Å². The van der Waals surface area contributed by atoms with Gasteiger partial charge in [-0.15, -0.1) is 0 Å². The summed E-state index contributed by atoms with van der Waals surface area (Å²) in [5.74, 6) is 0.857. The third kappa shape index (κ3) is 3.49. The smallest absolute Gasteiger partial charge is 0.247 e. The number of nitrogens with zero attached hydrogens (tertiary/aromatic N) is 1. The number of rotatable bonds is 5. The van der Waals surface area contributed by atoms with Crippen LogP contribution in [0, 0.1) is 6.92 Å². The summed E-state index contributed by atoms with van der Waals surface area (Å²) >= 11 is 0. The molecule has 26 heavy (non-hydrogen) atoms. The van der Waals surface area contributed by atoms with E-state index in [0.29, 0.717) is 30.0 Å². The van der Waals surface area contributed by atoms with Crippen LogP contribution in [0.5, 0.6) is 11.5 Å². The van der Waals surface area contributed by atoms with Crippen LogP contribution in [0.4, 0.5) is 11.4 Å². The van der Waals surface area contributed by atoms with E-state index in [1.165, 1.54) is 7.11 Å². The first-order chi connectivity index (χ1) is 12.5. The van der Waals surface area contributed by atoms with Crippen LogP contribution in [0.25, 0.3) is 0 Å². The third-order valence-corrected chi connectivity index (χ3v) is 4.48. The molecule has 1 heterocycles. The van der Waals surface area contributed by atoms with Crippen molar-refractivity contribution in [1.29, 1.82) is 0 Å². The predicted octanol–water partition coefficient (Wildman–Crippen LogP) is 3.15. The van der Waals surface area contributed by atoms with Crippen LogP contribution in [-0.4, -0.2) is 32.1 Å². The van der Waals surface area contributed by atoms with Crippen molar-refractivity contribution in [2.45, 2.75) is 25.8 Å². The van der Waals surface area contributed by atoms with Crippen LogP contribution in [-0.2, 0) is 9.59 Å². The molecule has 0 bridgehead atoms. The van der Waals surface area contributed by atoms with E-state index in [2.05, 4.69) is 5.32 Å². The van der Waals surface area contributed by atoms with E-state index in [1.54, 1.807) is 30.2 Å². The van der Waals surface area contributed by atoms with Gasteiger partial charge in [0.25, 0.3) is 0 Å². The van der Waals surface area contributed by atoms with Crippen molar-refractivity contribution in [2.24, 2.45) is 0 Å². The van der Waals surface area contributed by atoms with Crippen molar-refractivity contribution in [1.82, 2.24) is 0 Å². The molecule has 1 fully saturated rings. The quantitative estimate of drug-likeness (QED) is 0.896. The summed E-state index contributed by atoms with van der Waals surface area (Å²) in [6.07, 6.45) is 0.851. The Morgan fingerprint density at radius 2 is 1.77 bits per heavy atom. The van der Waals surface area contributed by atoms with E-state index in [1.807, 2.05) is 31.2 Å². The maximum absolute atomic E-state index is 12.8. The molecule has 0 aliphatic carbocycles. The molecule has 2 aromatic rings. The fraction of sp³-hybridized carbons (Fsp3) is 0.300. The molecule has 136 valence electrons. The Hall–Kier alpha value is -3.02. The van der Waals surface area contributed by atoms with E-state index in [4.69, 9.17) is 9.47 Å². The first-order valence-corrected chi connectivity index (χ1v) is 8.45. The lowest BCUT2D eigenvalue weighted by Crippen LogP contribution is -2.41. The van der Waals surface area contributed by atoms with Crippen molar-refractivity contribution in [2.75, 3.05) is 24.4 Å². The molecule has 3 rings (SSSR count). The molecule has 1 aliphatic rings. The Balaban J connectivity index is 1.80. The number of amides is 2. The number of anilines is 2. The molecular formula is C20H22N2O4. The predicted molar refractivity (Wildman–Crippen MR) is 99.9 cm³/mol. The van der Waals surface area contributed by atoms with Crippen LogP contribution in [0.15, 0.2) is 42.5 Å². The van der Waals surface area contributed by atoms with Crippen molar-refractivity contribution in [3.8, 4) is 11.5 Å². The second kappa shape index (κ2) is 7.47. The molecule has 6 nitrogen and oxygen atoms in total. The molecule has 1 aliphatic heterocycles. The van der Waals surface area contributed by atoms with Crippen molar-refractivity contribution in [3.63, 3.8) is 0 Å². The molecular weight excluding hydrogens is 332 g/mol. The highest BCUT2D eigenvalue weighted by Gasteiger charge is 2.37. The Morgan fingerprint density at radius 3 is 2.42 bits per heavy atom. The van der Waals surface area contributed by atoms with Gasteiger partial charge in [0, 0.05) is 23.9 Å². The van der Waals surface area contributed by atoms with Crippen LogP contribution in [0.3, 0.4) is 0 Å². The van der Waals surface area contributed by atoms with Gasteiger partial charge in [0.2, 0.25) is 11.8 Å². The molecule has 2 amide bonds. The number of hydrogen-bond donors (Lipinski definition) is 1. The molecule has 1 atom stereocenters. The van der Waals surface area contributed by atoms with Crippen LogP contribution < -0.4 is 19.7 Å². The number of carbonyl (C=O) groups excluding carboxylic acids is 2. The lowest BCUT2D eigenvalue weighted by molar-refractivity contribution is -0.120. The lowest BCUT2D eigenvalue weighted by atomic mass is 10.1. The first kappa shape index (κ1) is 17.8. The van der Waals surface area contributed by atoms with Crippen LogP contribution in [0.2, 0.25) is 0 Å². The van der Waals surface area contributed by atoms with E-state index >= 15 is 0 Å². The summed E-state index contributed by atoms with van der Waals surface area (Å²) in [7, 11) is 3.10. The highest BCUT2D eigenvalue weighted by atomic mass is 16.5. The molecule has 0 radical (unpaired) electrons. The number of hydrogen-bond acceptors (Lipinski definition) is 4. The van der Waals surface area contributed by atoms with Crippen LogP contribution in [0.1, 0.15) is 18.4 Å². The van der Waals surface area contributed by atoms with E-state index in [9.17, 15) is 9.59 Å². The maximum atomic E-state index is 12.8. The largest absolute Gasteiger partial charge is 0.493 e. The highest BCUT2D eigenvalue weighted by Crippen LogP contribution is 2.31. The minimum atomic E-state index is -0.529. The average molecular weight is 354 g/mol. The molecule has 1 unspecified atom stereocenters. The fourth-order valence-corrected chi connectivity index (χ4v) is 3.10.